The summed E-state index contributed by atoms with van der Waals surface area (Å²) in [6.07, 6.45) is 1.27. The molecular formula is C15H17BrN4O. The van der Waals surface area contributed by atoms with E-state index in [1.54, 1.807) is 4.90 Å². The molecule has 110 valence electrons. The third-order valence-electron chi connectivity index (χ3n) is 3.85. The molecule has 1 amide bonds. The van der Waals surface area contributed by atoms with Gasteiger partial charge in [-0.2, -0.15) is 5.10 Å². The summed E-state index contributed by atoms with van der Waals surface area (Å²) in [4.78, 5) is 14.1. The van der Waals surface area contributed by atoms with E-state index in [-0.39, 0.29) is 5.91 Å². The van der Waals surface area contributed by atoms with E-state index < -0.39 is 0 Å². The molecule has 6 heteroatoms. The number of aryl methyl sites for hydroxylation is 2. The van der Waals surface area contributed by atoms with Gasteiger partial charge in [0.25, 0.3) is 0 Å². The second-order valence-corrected chi connectivity index (χ2v) is 6.02. The van der Waals surface area contributed by atoms with Gasteiger partial charge in [-0.1, -0.05) is 6.92 Å². The molecule has 2 aromatic rings. The lowest BCUT2D eigenvalue weighted by Gasteiger charge is -2.18. The first-order valence-corrected chi connectivity index (χ1v) is 7.69. The highest BCUT2D eigenvalue weighted by atomic mass is 79.9. The molecule has 2 N–H and O–H groups in total. The Bertz CT molecular complexity index is 723. The number of rotatable bonds is 3. The highest BCUT2D eigenvalue weighted by molar-refractivity contribution is 9.10. The van der Waals surface area contributed by atoms with Gasteiger partial charge in [-0.15, -0.1) is 0 Å². The largest absolute Gasteiger partial charge is 0.399 e. The summed E-state index contributed by atoms with van der Waals surface area (Å²) >= 11 is 3.60. The maximum absolute atomic E-state index is 12.3. The Morgan fingerprint density at radius 2 is 2.19 bits per heavy atom. The van der Waals surface area contributed by atoms with Gasteiger partial charge in [-0.05, 0) is 46.1 Å². The molecule has 1 aliphatic rings. The normalized spacial score (nSPS) is 13.9. The summed E-state index contributed by atoms with van der Waals surface area (Å²) < 4.78 is 2.83. The third kappa shape index (κ3) is 2.33. The van der Waals surface area contributed by atoms with Crippen LogP contribution in [-0.2, 0) is 31.2 Å². The van der Waals surface area contributed by atoms with E-state index in [1.165, 1.54) is 0 Å². The second-order valence-electron chi connectivity index (χ2n) is 5.23. The van der Waals surface area contributed by atoms with Gasteiger partial charge in [0, 0.05) is 18.4 Å². The van der Waals surface area contributed by atoms with Gasteiger partial charge in [0.05, 0.1) is 28.8 Å². The van der Waals surface area contributed by atoms with Crippen LogP contribution in [0.25, 0.3) is 0 Å². The van der Waals surface area contributed by atoms with Crippen molar-refractivity contribution in [2.24, 2.45) is 7.05 Å². The first kappa shape index (κ1) is 14.1. The fourth-order valence-corrected chi connectivity index (χ4v) is 3.46. The van der Waals surface area contributed by atoms with Crippen LogP contribution >= 0.6 is 15.9 Å². The van der Waals surface area contributed by atoms with Gasteiger partial charge in [0.15, 0.2) is 0 Å². The predicted molar refractivity (Wildman–Crippen MR) is 86.0 cm³/mol. The van der Waals surface area contributed by atoms with Crippen LogP contribution in [0.5, 0.6) is 0 Å². The third-order valence-corrected chi connectivity index (χ3v) is 4.76. The highest BCUT2D eigenvalue weighted by Gasteiger charge is 2.29. The predicted octanol–water partition coefficient (Wildman–Crippen LogP) is 2.42. The highest BCUT2D eigenvalue weighted by Crippen LogP contribution is 2.33. The zero-order chi connectivity index (χ0) is 15.1. The average molecular weight is 349 g/mol. The average Bonchev–Trinajstić information content (AvgIpc) is 2.89. The molecule has 0 saturated carbocycles. The first-order chi connectivity index (χ1) is 10.0. The van der Waals surface area contributed by atoms with Crippen molar-refractivity contribution in [3.8, 4) is 0 Å². The fraction of sp³-hybridized carbons (Fsp3) is 0.333. The zero-order valence-electron chi connectivity index (χ0n) is 12.1. The van der Waals surface area contributed by atoms with E-state index in [0.29, 0.717) is 18.7 Å². The van der Waals surface area contributed by atoms with Gasteiger partial charge in [-0.3, -0.25) is 9.48 Å². The van der Waals surface area contributed by atoms with Crippen LogP contribution < -0.4 is 10.6 Å². The topological polar surface area (TPSA) is 64.2 Å². The van der Waals surface area contributed by atoms with Crippen molar-refractivity contribution < 1.29 is 4.79 Å². The number of aromatic nitrogens is 2. The van der Waals surface area contributed by atoms with Crippen LogP contribution in [0.3, 0.4) is 0 Å². The molecular weight excluding hydrogens is 332 g/mol. The molecule has 0 radical (unpaired) electrons. The maximum atomic E-state index is 12.3. The van der Waals surface area contributed by atoms with E-state index in [1.807, 2.05) is 29.9 Å². The van der Waals surface area contributed by atoms with E-state index in [4.69, 9.17) is 5.73 Å². The minimum absolute atomic E-state index is 0.0988. The van der Waals surface area contributed by atoms with Crippen LogP contribution in [-0.4, -0.2) is 15.7 Å². The lowest BCUT2D eigenvalue weighted by molar-refractivity contribution is -0.117. The number of anilines is 2. The fourth-order valence-electron chi connectivity index (χ4n) is 2.72. The van der Waals surface area contributed by atoms with Crippen LogP contribution in [0.1, 0.15) is 23.9 Å². The maximum Gasteiger partial charge on any atom is 0.231 e. The number of halogens is 1. The first-order valence-electron chi connectivity index (χ1n) is 6.90. The van der Waals surface area contributed by atoms with Crippen molar-refractivity contribution in [3.05, 3.63) is 39.6 Å². The molecule has 0 bridgehead atoms. The summed E-state index contributed by atoms with van der Waals surface area (Å²) in [5, 5.41) is 4.48. The van der Waals surface area contributed by atoms with Crippen LogP contribution in [0.15, 0.2) is 22.7 Å². The number of nitrogens with zero attached hydrogens (tertiary/aromatic N) is 3. The molecule has 0 fully saturated rings. The molecule has 21 heavy (non-hydrogen) atoms. The second kappa shape index (κ2) is 5.18. The lowest BCUT2D eigenvalue weighted by atomic mass is 10.1. The van der Waals surface area contributed by atoms with Crippen molar-refractivity contribution in [1.82, 2.24) is 9.78 Å². The summed E-state index contributed by atoms with van der Waals surface area (Å²) in [6.45, 7) is 2.58. The SMILES string of the molecule is CCc1nn(C)c(CN2C(=O)Cc3cc(N)ccc32)c1Br. The summed E-state index contributed by atoms with van der Waals surface area (Å²) in [6, 6.07) is 5.63. The number of hydrogen-bond acceptors (Lipinski definition) is 3. The number of nitrogens with two attached hydrogens (primary N) is 1. The van der Waals surface area contributed by atoms with Gasteiger partial charge >= 0.3 is 0 Å². The van der Waals surface area contributed by atoms with Crippen LogP contribution in [0.4, 0.5) is 11.4 Å². The Kier molecular flexibility index (Phi) is 3.49. The van der Waals surface area contributed by atoms with E-state index in [9.17, 15) is 4.79 Å². The number of benzene rings is 1. The van der Waals surface area contributed by atoms with E-state index in [0.717, 1.165) is 33.5 Å². The summed E-state index contributed by atoms with van der Waals surface area (Å²) in [5.74, 6) is 0.0988. The lowest BCUT2D eigenvalue weighted by Crippen LogP contribution is -2.27. The molecule has 0 atom stereocenters. The Hall–Kier alpha value is -1.82. The Morgan fingerprint density at radius 3 is 2.86 bits per heavy atom. The molecule has 1 aromatic carbocycles. The molecule has 0 unspecified atom stereocenters. The smallest absolute Gasteiger partial charge is 0.231 e. The Balaban J connectivity index is 1.96. The van der Waals surface area contributed by atoms with Gasteiger partial charge in [-0.25, -0.2) is 0 Å². The quantitative estimate of drug-likeness (QED) is 0.866. The van der Waals surface area contributed by atoms with Gasteiger partial charge in [0.1, 0.15) is 0 Å². The Morgan fingerprint density at radius 1 is 1.43 bits per heavy atom. The molecule has 0 aliphatic carbocycles. The molecule has 3 rings (SSSR count). The number of amides is 1. The van der Waals surface area contributed by atoms with Crippen LogP contribution in [0.2, 0.25) is 0 Å². The molecule has 0 saturated heterocycles. The number of fused-ring (bicyclic) bond motifs is 1. The molecule has 1 aromatic heterocycles. The number of hydrogen-bond donors (Lipinski definition) is 1. The summed E-state index contributed by atoms with van der Waals surface area (Å²) in [5.41, 5.74) is 10.4. The zero-order valence-corrected chi connectivity index (χ0v) is 13.6. The summed E-state index contributed by atoms with van der Waals surface area (Å²) in [7, 11) is 1.91. The van der Waals surface area contributed by atoms with Crippen molar-refractivity contribution in [2.45, 2.75) is 26.3 Å². The monoisotopic (exact) mass is 348 g/mol. The van der Waals surface area contributed by atoms with E-state index in [2.05, 4.69) is 28.0 Å². The minimum atomic E-state index is 0.0988. The molecule has 0 spiro atoms. The standard InChI is InChI=1S/C15H17BrN4O/c1-3-11-15(16)13(19(2)18-11)8-20-12-5-4-10(17)6-9(12)7-14(20)21/h4-6H,3,7-8,17H2,1-2H3. The van der Waals surface area contributed by atoms with Crippen molar-refractivity contribution in [1.29, 1.82) is 0 Å². The van der Waals surface area contributed by atoms with Crippen molar-refractivity contribution in [2.75, 3.05) is 10.6 Å². The van der Waals surface area contributed by atoms with Crippen LogP contribution in [0, 0.1) is 0 Å². The Labute approximate surface area is 131 Å². The van der Waals surface area contributed by atoms with Crippen molar-refractivity contribution in [3.63, 3.8) is 0 Å². The number of carbonyl (C=O) groups is 1. The van der Waals surface area contributed by atoms with Crippen molar-refractivity contribution >= 4 is 33.2 Å². The molecule has 1 aliphatic heterocycles. The number of carbonyl (C=O) groups excluding carboxylic acids is 1. The minimum Gasteiger partial charge on any atom is -0.399 e. The molecule has 2 heterocycles. The molecule has 5 nitrogen and oxygen atoms in total. The van der Waals surface area contributed by atoms with Gasteiger partial charge in [0.2, 0.25) is 5.91 Å². The number of nitrogen functional groups attached to an aromatic ring is 1. The van der Waals surface area contributed by atoms with Gasteiger partial charge < -0.3 is 10.6 Å². The van der Waals surface area contributed by atoms with E-state index >= 15 is 0 Å².